The van der Waals surface area contributed by atoms with E-state index in [1.807, 2.05) is 17.5 Å². The molecule has 3 rings (SSSR count). The molecule has 0 radical (unpaired) electrons. The van der Waals surface area contributed by atoms with Crippen LogP contribution in [0.1, 0.15) is 52.2 Å². The zero-order valence-electron chi connectivity index (χ0n) is 11.1. The highest BCUT2D eigenvalue weighted by Crippen LogP contribution is 2.37. The maximum absolute atomic E-state index is 4.50. The molecule has 19 heavy (non-hydrogen) atoms. The predicted octanol–water partition coefficient (Wildman–Crippen LogP) is 4.85. The van der Waals surface area contributed by atoms with Gasteiger partial charge in [-0.25, -0.2) is 4.98 Å². The van der Waals surface area contributed by atoms with Crippen LogP contribution in [0.25, 0.3) is 0 Å². The molecule has 2 nitrogen and oxygen atoms in total. The number of rotatable bonds is 3. The SMILES string of the molecule is Cc1cnc(C(C)NC2CCCc3sc(I)cc32)s1. The Morgan fingerprint density at radius 1 is 1.47 bits per heavy atom. The molecule has 0 aliphatic heterocycles. The summed E-state index contributed by atoms with van der Waals surface area (Å²) in [7, 11) is 0. The topological polar surface area (TPSA) is 24.9 Å². The van der Waals surface area contributed by atoms with Gasteiger partial charge < -0.3 is 5.32 Å². The number of aryl methyl sites for hydroxylation is 2. The number of hydrogen-bond acceptors (Lipinski definition) is 4. The van der Waals surface area contributed by atoms with Crippen LogP contribution >= 0.6 is 45.3 Å². The number of fused-ring (bicyclic) bond motifs is 1. The lowest BCUT2D eigenvalue weighted by Gasteiger charge is -2.26. The van der Waals surface area contributed by atoms with Gasteiger partial charge in [-0.05, 0) is 67.3 Å². The first-order valence-electron chi connectivity index (χ1n) is 6.60. The van der Waals surface area contributed by atoms with Gasteiger partial charge in [-0.2, -0.15) is 0 Å². The lowest BCUT2D eigenvalue weighted by Crippen LogP contribution is -2.26. The van der Waals surface area contributed by atoms with Gasteiger partial charge in [-0.1, -0.05) is 0 Å². The average molecular weight is 404 g/mol. The van der Waals surface area contributed by atoms with Crippen molar-refractivity contribution in [1.29, 1.82) is 0 Å². The summed E-state index contributed by atoms with van der Waals surface area (Å²) in [4.78, 5) is 7.37. The Balaban J connectivity index is 1.77. The minimum absolute atomic E-state index is 0.340. The quantitative estimate of drug-likeness (QED) is 0.741. The van der Waals surface area contributed by atoms with Crippen molar-refractivity contribution < 1.29 is 0 Å². The minimum atomic E-state index is 0.340. The monoisotopic (exact) mass is 404 g/mol. The maximum atomic E-state index is 4.50. The molecule has 0 saturated carbocycles. The first-order chi connectivity index (χ1) is 9.13. The average Bonchev–Trinajstić information content (AvgIpc) is 2.95. The third kappa shape index (κ3) is 3.04. The highest BCUT2D eigenvalue weighted by atomic mass is 127. The number of nitrogens with one attached hydrogen (secondary N) is 1. The molecular weight excluding hydrogens is 387 g/mol. The van der Waals surface area contributed by atoms with Crippen LogP contribution in [-0.2, 0) is 6.42 Å². The second-order valence-corrected chi connectivity index (χ2v) is 9.37. The van der Waals surface area contributed by atoms with Crippen molar-refractivity contribution in [2.45, 2.75) is 45.2 Å². The summed E-state index contributed by atoms with van der Waals surface area (Å²) in [6.45, 7) is 4.34. The van der Waals surface area contributed by atoms with Crippen LogP contribution in [0.4, 0.5) is 0 Å². The third-order valence-corrected chi connectivity index (χ3v) is 6.61. The molecule has 1 N–H and O–H groups in total. The molecular formula is C14H17IN2S2. The summed E-state index contributed by atoms with van der Waals surface area (Å²) in [6.07, 6.45) is 5.77. The van der Waals surface area contributed by atoms with Gasteiger partial charge >= 0.3 is 0 Å². The Labute approximate surface area is 135 Å². The van der Waals surface area contributed by atoms with E-state index in [1.165, 1.54) is 37.6 Å². The van der Waals surface area contributed by atoms with E-state index >= 15 is 0 Å². The number of thiophene rings is 1. The van der Waals surface area contributed by atoms with E-state index in [1.54, 1.807) is 16.2 Å². The zero-order chi connectivity index (χ0) is 13.4. The molecule has 0 bridgehead atoms. The van der Waals surface area contributed by atoms with E-state index in [4.69, 9.17) is 0 Å². The van der Waals surface area contributed by atoms with Gasteiger partial charge in [0.15, 0.2) is 0 Å². The second-order valence-electron chi connectivity index (χ2n) is 5.07. The van der Waals surface area contributed by atoms with Crippen LogP contribution in [0.5, 0.6) is 0 Å². The van der Waals surface area contributed by atoms with Crippen LogP contribution in [-0.4, -0.2) is 4.98 Å². The van der Waals surface area contributed by atoms with Gasteiger partial charge in [0, 0.05) is 22.0 Å². The van der Waals surface area contributed by atoms with Crippen molar-refractivity contribution in [2.75, 3.05) is 0 Å². The summed E-state index contributed by atoms with van der Waals surface area (Å²) in [6, 6.07) is 3.20. The summed E-state index contributed by atoms with van der Waals surface area (Å²) >= 11 is 6.19. The van der Waals surface area contributed by atoms with E-state index in [0.717, 1.165) is 0 Å². The lowest BCUT2D eigenvalue weighted by molar-refractivity contribution is 0.417. The van der Waals surface area contributed by atoms with Crippen LogP contribution in [0.3, 0.4) is 0 Å². The number of halogens is 1. The molecule has 102 valence electrons. The first kappa shape index (κ1) is 14.0. The van der Waals surface area contributed by atoms with E-state index < -0.39 is 0 Å². The fraction of sp³-hybridized carbons (Fsp3) is 0.500. The summed E-state index contributed by atoms with van der Waals surface area (Å²) in [5, 5.41) is 4.97. The molecule has 0 fully saturated rings. The number of thiazole rings is 1. The van der Waals surface area contributed by atoms with E-state index in [2.05, 4.69) is 52.8 Å². The van der Waals surface area contributed by atoms with E-state index in [-0.39, 0.29) is 0 Å². The molecule has 2 atom stereocenters. The molecule has 0 saturated heterocycles. The smallest absolute Gasteiger partial charge is 0.109 e. The van der Waals surface area contributed by atoms with E-state index in [0.29, 0.717) is 12.1 Å². The zero-order valence-corrected chi connectivity index (χ0v) is 14.9. The minimum Gasteiger partial charge on any atom is -0.301 e. The Bertz CT molecular complexity index is 576. The van der Waals surface area contributed by atoms with Crippen molar-refractivity contribution in [3.63, 3.8) is 0 Å². The van der Waals surface area contributed by atoms with Crippen LogP contribution in [0, 0.1) is 9.81 Å². The second kappa shape index (κ2) is 5.79. The Morgan fingerprint density at radius 2 is 2.32 bits per heavy atom. The Kier molecular flexibility index (Phi) is 4.26. The third-order valence-electron chi connectivity index (χ3n) is 3.54. The van der Waals surface area contributed by atoms with Crippen molar-refractivity contribution in [2.24, 2.45) is 0 Å². The Morgan fingerprint density at radius 3 is 3.05 bits per heavy atom. The first-order valence-corrected chi connectivity index (χ1v) is 9.31. The van der Waals surface area contributed by atoms with Crippen LogP contribution in [0.15, 0.2) is 12.3 Å². The van der Waals surface area contributed by atoms with Gasteiger partial charge in [-0.15, -0.1) is 22.7 Å². The van der Waals surface area contributed by atoms with Crippen LogP contribution < -0.4 is 5.32 Å². The molecule has 2 heterocycles. The van der Waals surface area contributed by atoms with Crippen molar-refractivity contribution in [3.05, 3.63) is 35.5 Å². The Hall–Kier alpha value is 0.0200. The molecule has 5 heteroatoms. The number of nitrogens with zero attached hydrogens (tertiary/aromatic N) is 1. The standard InChI is InChI=1S/C14H17IN2S2/c1-8-7-16-14(18-8)9(2)17-11-4-3-5-12-10(11)6-13(15)19-12/h6-7,9,11,17H,3-5H2,1-2H3. The molecule has 0 aromatic carbocycles. The molecule has 2 aromatic rings. The van der Waals surface area contributed by atoms with Gasteiger partial charge in [0.1, 0.15) is 5.01 Å². The van der Waals surface area contributed by atoms with Gasteiger partial charge in [0.05, 0.1) is 8.93 Å². The summed E-state index contributed by atoms with van der Waals surface area (Å²) in [5.74, 6) is 0. The summed E-state index contributed by atoms with van der Waals surface area (Å²) < 4.78 is 1.41. The fourth-order valence-electron chi connectivity index (χ4n) is 2.64. The largest absolute Gasteiger partial charge is 0.301 e. The highest BCUT2D eigenvalue weighted by molar-refractivity contribution is 14.1. The van der Waals surface area contributed by atoms with Gasteiger partial charge in [0.25, 0.3) is 0 Å². The fourth-order valence-corrected chi connectivity index (χ4v) is 5.55. The highest BCUT2D eigenvalue weighted by Gasteiger charge is 2.24. The van der Waals surface area contributed by atoms with E-state index in [9.17, 15) is 0 Å². The molecule has 1 aliphatic rings. The van der Waals surface area contributed by atoms with Gasteiger partial charge in [-0.3, -0.25) is 0 Å². The van der Waals surface area contributed by atoms with Crippen molar-refractivity contribution in [3.8, 4) is 0 Å². The number of aromatic nitrogens is 1. The molecule has 2 aromatic heterocycles. The predicted molar refractivity (Wildman–Crippen MR) is 91.1 cm³/mol. The normalized spacial score (nSPS) is 20.3. The summed E-state index contributed by atoms with van der Waals surface area (Å²) in [5.41, 5.74) is 1.53. The van der Waals surface area contributed by atoms with Crippen LogP contribution in [0.2, 0.25) is 0 Å². The lowest BCUT2D eigenvalue weighted by atomic mass is 9.93. The molecule has 0 amide bonds. The maximum Gasteiger partial charge on any atom is 0.109 e. The molecule has 0 spiro atoms. The van der Waals surface area contributed by atoms with Gasteiger partial charge in [0.2, 0.25) is 0 Å². The van der Waals surface area contributed by atoms with Crippen molar-refractivity contribution in [1.82, 2.24) is 10.3 Å². The molecule has 1 aliphatic carbocycles. The van der Waals surface area contributed by atoms with Crippen molar-refractivity contribution >= 4 is 45.3 Å². The molecule has 2 unspecified atom stereocenters. The number of hydrogen-bond donors (Lipinski definition) is 1.